The van der Waals surface area contributed by atoms with Crippen LogP contribution < -0.4 is 15.5 Å². The Hall–Kier alpha value is -2.46. The van der Waals surface area contributed by atoms with Gasteiger partial charge >= 0.3 is 224 Å². The van der Waals surface area contributed by atoms with Gasteiger partial charge in [0.05, 0.1) is 0 Å². The number of carbonyl (C=O) groups excluding carboxylic acids is 4. The SMILES string of the molecule is CC(C)(C)OC(=O)NC(C[As]C(=O)c1ccc(Cl)s1)C(=O)Nc1ccc(N2CCOCC2=O)cc1F. The summed E-state index contributed by atoms with van der Waals surface area (Å²) in [5.74, 6) is -1.75. The summed E-state index contributed by atoms with van der Waals surface area (Å²) in [5, 5.41) is 4.98. The molecule has 13 heteroatoms. The van der Waals surface area contributed by atoms with E-state index in [1.165, 1.54) is 17.0 Å². The Morgan fingerprint density at radius 3 is 2.64 bits per heavy atom. The first-order valence-electron chi connectivity index (χ1n) is 10.9. The van der Waals surface area contributed by atoms with Crippen LogP contribution in [0.4, 0.5) is 20.6 Å². The van der Waals surface area contributed by atoms with Crippen molar-refractivity contribution in [3.63, 3.8) is 0 Å². The van der Waals surface area contributed by atoms with E-state index in [1.807, 2.05) is 0 Å². The molecule has 36 heavy (non-hydrogen) atoms. The molecule has 0 bridgehead atoms. The van der Waals surface area contributed by atoms with Crippen LogP contribution in [0.25, 0.3) is 0 Å². The normalized spacial score (nSPS) is 15.1. The van der Waals surface area contributed by atoms with Crippen molar-refractivity contribution >= 4 is 72.5 Å². The molecule has 9 nitrogen and oxygen atoms in total. The number of hydrogen-bond donors (Lipinski definition) is 2. The summed E-state index contributed by atoms with van der Waals surface area (Å²) in [6, 6.07) is 6.07. The van der Waals surface area contributed by atoms with E-state index in [1.54, 1.807) is 32.9 Å². The molecule has 1 fully saturated rings. The van der Waals surface area contributed by atoms with Gasteiger partial charge in [-0.05, 0) is 0 Å². The molecule has 2 aromatic rings. The van der Waals surface area contributed by atoms with Crippen molar-refractivity contribution in [2.45, 2.75) is 37.6 Å². The summed E-state index contributed by atoms with van der Waals surface area (Å²) in [6.45, 7) is 5.56. The van der Waals surface area contributed by atoms with E-state index in [2.05, 4.69) is 10.6 Å². The van der Waals surface area contributed by atoms with Gasteiger partial charge in [0.25, 0.3) is 0 Å². The molecular formula is C23H25AsClFN3O6S. The van der Waals surface area contributed by atoms with Crippen molar-refractivity contribution in [2.75, 3.05) is 30.0 Å². The third-order valence-corrected chi connectivity index (χ3v) is 8.53. The number of thiophene rings is 1. The molecule has 1 atom stereocenters. The van der Waals surface area contributed by atoms with Crippen LogP contribution in [-0.2, 0) is 19.1 Å². The van der Waals surface area contributed by atoms with Crippen molar-refractivity contribution < 1.29 is 33.0 Å². The number of hydrogen-bond acceptors (Lipinski definition) is 7. The van der Waals surface area contributed by atoms with E-state index in [0.29, 0.717) is 28.1 Å². The molecule has 193 valence electrons. The molecule has 1 unspecified atom stereocenters. The zero-order valence-electron chi connectivity index (χ0n) is 19.8. The van der Waals surface area contributed by atoms with Crippen LogP contribution >= 0.6 is 22.9 Å². The van der Waals surface area contributed by atoms with Crippen molar-refractivity contribution in [1.82, 2.24) is 5.32 Å². The topological polar surface area (TPSA) is 114 Å². The number of anilines is 2. The fraction of sp³-hybridized carbons (Fsp3) is 0.391. The number of rotatable bonds is 8. The second-order valence-electron chi connectivity index (χ2n) is 8.70. The van der Waals surface area contributed by atoms with E-state index in [9.17, 15) is 23.6 Å². The van der Waals surface area contributed by atoms with Crippen molar-refractivity contribution in [2.24, 2.45) is 0 Å². The van der Waals surface area contributed by atoms with Gasteiger partial charge in [0.15, 0.2) is 0 Å². The Balaban J connectivity index is 1.71. The number of amides is 3. The molecule has 1 saturated heterocycles. The quantitative estimate of drug-likeness (QED) is 0.447. The minimum atomic E-state index is -1.14. The van der Waals surface area contributed by atoms with Crippen molar-refractivity contribution in [3.8, 4) is 0 Å². The number of morpholine rings is 1. The monoisotopic (exact) mass is 600 g/mol. The Labute approximate surface area is 223 Å². The first kappa shape index (κ1) is 28.1. The van der Waals surface area contributed by atoms with E-state index >= 15 is 0 Å². The maximum absolute atomic E-state index is 14.8. The van der Waals surface area contributed by atoms with Crippen LogP contribution in [0.2, 0.25) is 9.54 Å². The number of carbonyl (C=O) groups is 4. The molecule has 1 aliphatic rings. The van der Waals surface area contributed by atoms with E-state index in [0.717, 1.165) is 17.4 Å². The molecule has 2 heterocycles. The van der Waals surface area contributed by atoms with Gasteiger partial charge in [0, 0.05) is 0 Å². The predicted octanol–water partition coefficient (Wildman–Crippen LogP) is 3.70. The molecule has 1 aromatic carbocycles. The van der Waals surface area contributed by atoms with Crippen LogP contribution in [0.3, 0.4) is 0 Å². The fourth-order valence-electron chi connectivity index (χ4n) is 3.11. The third kappa shape index (κ3) is 8.03. The average Bonchev–Trinajstić information content (AvgIpc) is 3.23. The van der Waals surface area contributed by atoms with E-state index in [4.69, 9.17) is 21.1 Å². The number of halogens is 2. The molecule has 1 radical (unpaired) electrons. The second kappa shape index (κ2) is 12.2. The zero-order valence-corrected chi connectivity index (χ0v) is 23.2. The number of benzene rings is 1. The average molecular weight is 601 g/mol. The van der Waals surface area contributed by atoms with Gasteiger partial charge in [0.1, 0.15) is 0 Å². The fourth-order valence-corrected chi connectivity index (χ4v) is 6.37. The molecular weight excluding hydrogens is 576 g/mol. The third-order valence-electron chi connectivity index (χ3n) is 4.72. The van der Waals surface area contributed by atoms with Crippen LogP contribution in [0.1, 0.15) is 30.4 Å². The van der Waals surface area contributed by atoms with Crippen LogP contribution in [0.5, 0.6) is 0 Å². The van der Waals surface area contributed by atoms with Gasteiger partial charge < -0.3 is 0 Å². The first-order chi connectivity index (χ1) is 16.9. The zero-order chi connectivity index (χ0) is 26.5. The molecule has 2 N–H and O–H groups in total. The number of alkyl carbamates (subject to hydrolysis) is 1. The number of ether oxygens (including phenoxy) is 2. The van der Waals surface area contributed by atoms with Crippen LogP contribution in [-0.4, -0.2) is 69.6 Å². The standard InChI is InChI=1S/C23H25AsClFN3O6S/c1-23(2,3)35-22(33)28-16(11-24-20(31)17-6-7-18(25)36-17)21(32)27-15-5-4-13(10-14(15)26)29-8-9-34-12-19(29)30/h4-7,10,16H,8-9,11-12H2,1-3H3,(H,27,32)(H,28,33). The Bertz CT molecular complexity index is 1160. The first-order valence-corrected chi connectivity index (χ1v) is 14.3. The summed E-state index contributed by atoms with van der Waals surface area (Å²) in [6.07, 6.45) is -0.836. The summed E-state index contributed by atoms with van der Waals surface area (Å²) in [4.78, 5) is 51.8. The molecule has 3 amide bonds. The minimum absolute atomic E-state index is 0.0396. The Morgan fingerprint density at radius 1 is 1.28 bits per heavy atom. The summed E-state index contributed by atoms with van der Waals surface area (Å²) in [5.41, 5.74) is -0.596. The molecule has 1 aromatic heterocycles. The van der Waals surface area contributed by atoms with Gasteiger partial charge in [-0.1, -0.05) is 0 Å². The molecule has 3 rings (SSSR count). The summed E-state index contributed by atoms with van der Waals surface area (Å²) >= 11 is 5.99. The van der Waals surface area contributed by atoms with Gasteiger partial charge in [-0.2, -0.15) is 0 Å². The van der Waals surface area contributed by atoms with Crippen molar-refractivity contribution in [3.05, 3.63) is 45.4 Å². The van der Waals surface area contributed by atoms with Crippen LogP contribution in [0, 0.1) is 5.82 Å². The number of nitrogens with zero attached hydrogens (tertiary/aromatic N) is 1. The second-order valence-corrected chi connectivity index (χ2v) is 12.7. The van der Waals surface area contributed by atoms with Gasteiger partial charge in [-0.15, -0.1) is 0 Å². The van der Waals surface area contributed by atoms with Crippen LogP contribution in [0.15, 0.2) is 30.3 Å². The van der Waals surface area contributed by atoms with Gasteiger partial charge in [-0.25, -0.2) is 0 Å². The van der Waals surface area contributed by atoms with E-state index in [-0.39, 0.29) is 28.0 Å². The number of nitrogens with one attached hydrogen (secondary N) is 2. The van der Waals surface area contributed by atoms with E-state index < -0.39 is 45.2 Å². The Morgan fingerprint density at radius 2 is 2.03 bits per heavy atom. The van der Waals surface area contributed by atoms with Gasteiger partial charge in [0.2, 0.25) is 0 Å². The summed E-state index contributed by atoms with van der Waals surface area (Å²) < 4.78 is 25.5. The molecule has 0 saturated carbocycles. The molecule has 0 spiro atoms. The maximum atomic E-state index is 14.8. The predicted molar refractivity (Wildman–Crippen MR) is 136 cm³/mol. The van der Waals surface area contributed by atoms with Crippen molar-refractivity contribution in [1.29, 1.82) is 0 Å². The molecule has 1 aliphatic heterocycles. The summed E-state index contributed by atoms with van der Waals surface area (Å²) in [7, 11) is 0. The van der Waals surface area contributed by atoms with Gasteiger partial charge in [-0.3, -0.25) is 0 Å². The molecule has 0 aliphatic carbocycles. The Kier molecular flexibility index (Phi) is 9.52.